The first-order valence-corrected chi connectivity index (χ1v) is 9.70. The second-order valence-corrected chi connectivity index (χ2v) is 7.90. The Hall–Kier alpha value is -2.25. The molecule has 0 spiro atoms. The summed E-state index contributed by atoms with van der Waals surface area (Å²) >= 11 is 0. The fourth-order valence-corrected chi connectivity index (χ4v) is 4.50. The molecule has 1 aliphatic rings. The molecule has 6 nitrogen and oxygen atoms in total. The molecule has 1 N–H and O–H groups in total. The third-order valence-electron chi connectivity index (χ3n) is 4.37. The van der Waals surface area contributed by atoms with E-state index in [0.29, 0.717) is 18.5 Å². The monoisotopic (exact) mass is 359 g/mol. The Morgan fingerprint density at radius 3 is 2.52 bits per heavy atom. The van der Waals surface area contributed by atoms with E-state index in [0.717, 1.165) is 17.7 Å². The number of sulfonamides is 1. The minimum atomic E-state index is -3.67. The topological polar surface area (TPSA) is 79.4 Å². The average Bonchev–Trinajstić information content (AvgIpc) is 3.01. The Morgan fingerprint density at radius 2 is 1.92 bits per heavy atom. The van der Waals surface area contributed by atoms with E-state index in [4.69, 9.17) is 0 Å². The minimum absolute atomic E-state index is 0.0828. The van der Waals surface area contributed by atoms with E-state index in [2.05, 4.69) is 9.71 Å². The molecule has 1 atom stereocenters. The van der Waals surface area contributed by atoms with E-state index in [-0.39, 0.29) is 16.8 Å². The molecule has 1 saturated heterocycles. The number of carbonyl (C=O) groups is 1. The van der Waals surface area contributed by atoms with Crippen LogP contribution >= 0.6 is 0 Å². The molecule has 1 unspecified atom stereocenters. The molecule has 25 heavy (non-hydrogen) atoms. The molecule has 2 aromatic rings. The molecule has 2 heterocycles. The molecule has 1 aliphatic heterocycles. The first-order valence-electron chi connectivity index (χ1n) is 8.22. The van der Waals surface area contributed by atoms with Gasteiger partial charge < -0.3 is 4.90 Å². The quantitative estimate of drug-likeness (QED) is 0.890. The molecule has 0 radical (unpaired) electrons. The third kappa shape index (κ3) is 3.72. The highest BCUT2D eigenvalue weighted by atomic mass is 32.2. The third-order valence-corrected chi connectivity index (χ3v) is 6.07. The van der Waals surface area contributed by atoms with Crippen molar-refractivity contribution in [3.8, 4) is 0 Å². The second-order valence-electron chi connectivity index (χ2n) is 6.22. The largest absolute Gasteiger partial charge is 0.312 e. The van der Waals surface area contributed by atoms with Gasteiger partial charge in [-0.15, -0.1) is 0 Å². The highest BCUT2D eigenvalue weighted by molar-refractivity contribution is 7.89. The number of anilines is 1. The predicted octanol–water partition coefficient (Wildman–Crippen LogP) is 2.56. The molecule has 7 heteroatoms. The van der Waals surface area contributed by atoms with Crippen molar-refractivity contribution < 1.29 is 13.2 Å². The number of benzene rings is 1. The van der Waals surface area contributed by atoms with E-state index in [1.807, 2.05) is 0 Å². The normalized spacial score (nSPS) is 16.2. The van der Waals surface area contributed by atoms with Crippen LogP contribution in [0.15, 0.2) is 47.6 Å². The predicted molar refractivity (Wildman–Crippen MR) is 95.7 cm³/mol. The number of nitrogens with one attached hydrogen (secondary N) is 1. The summed E-state index contributed by atoms with van der Waals surface area (Å²) in [5.41, 5.74) is 2.21. The zero-order chi connectivity index (χ0) is 18.0. The van der Waals surface area contributed by atoms with Crippen molar-refractivity contribution in [1.29, 1.82) is 0 Å². The highest BCUT2D eigenvalue weighted by Gasteiger charge is 2.24. The van der Waals surface area contributed by atoms with Crippen LogP contribution in [0.1, 0.15) is 36.9 Å². The lowest BCUT2D eigenvalue weighted by Gasteiger charge is -2.19. The van der Waals surface area contributed by atoms with Crippen LogP contribution in [0.3, 0.4) is 0 Å². The fraction of sp³-hybridized carbons (Fsp3) is 0.333. The summed E-state index contributed by atoms with van der Waals surface area (Å²) in [5.74, 6) is 0.0828. The molecular weight excluding hydrogens is 338 g/mol. The van der Waals surface area contributed by atoms with E-state index < -0.39 is 10.0 Å². The Kier molecular flexibility index (Phi) is 4.87. The summed E-state index contributed by atoms with van der Waals surface area (Å²) in [6, 6.07) is 8.21. The highest BCUT2D eigenvalue weighted by Crippen LogP contribution is 2.26. The molecule has 1 amide bonds. The van der Waals surface area contributed by atoms with Gasteiger partial charge in [-0.25, -0.2) is 13.1 Å². The van der Waals surface area contributed by atoms with E-state index in [9.17, 15) is 13.2 Å². The maximum Gasteiger partial charge on any atom is 0.241 e. The lowest BCUT2D eigenvalue weighted by Crippen LogP contribution is -2.28. The van der Waals surface area contributed by atoms with Crippen molar-refractivity contribution >= 4 is 21.6 Å². The van der Waals surface area contributed by atoms with Gasteiger partial charge in [0, 0.05) is 37.1 Å². The van der Waals surface area contributed by atoms with Crippen LogP contribution in [-0.4, -0.2) is 25.9 Å². The Labute approximate surface area is 147 Å². The second kappa shape index (κ2) is 6.93. The molecular formula is C18H21N3O3S. The maximum atomic E-state index is 12.7. The zero-order valence-corrected chi connectivity index (χ0v) is 15.1. The summed E-state index contributed by atoms with van der Waals surface area (Å²) in [5, 5.41) is 0. The van der Waals surface area contributed by atoms with Crippen LogP contribution in [0.2, 0.25) is 0 Å². The molecule has 0 saturated carbocycles. The molecule has 1 aromatic heterocycles. The number of aromatic nitrogens is 1. The van der Waals surface area contributed by atoms with Gasteiger partial charge in [-0.3, -0.25) is 9.78 Å². The summed E-state index contributed by atoms with van der Waals surface area (Å²) in [7, 11) is -3.67. The number of amides is 1. The van der Waals surface area contributed by atoms with Crippen LogP contribution in [0, 0.1) is 6.92 Å². The van der Waals surface area contributed by atoms with Gasteiger partial charge in [0.05, 0.1) is 4.90 Å². The van der Waals surface area contributed by atoms with Crippen LogP contribution in [0.5, 0.6) is 0 Å². The Morgan fingerprint density at radius 1 is 1.20 bits per heavy atom. The SMILES string of the molecule is Cc1cc(N2CCCC2=O)ccc1S(=O)(=O)NC(C)c1ccncc1. The molecule has 1 aromatic carbocycles. The van der Waals surface area contributed by atoms with Gasteiger partial charge in [-0.2, -0.15) is 0 Å². The van der Waals surface area contributed by atoms with Crippen molar-refractivity contribution in [2.45, 2.75) is 37.6 Å². The van der Waals surface area contributed by atoms with Crippen molar-refractivity contribution in [3.05, 3.63) is 53.9 Å². The minimum Gasteiger partial charge on any atom is -0.312 e. The van der Waals surface area contributed by atoms with E-state index in [1.54, 1.807) is 61.5 Å². The molecule has 1 fully saturated rings. The first kappa shape index (κ1) is 17.6. The number of hydrogen-bond acceptors (Lipinski definition) is 4. The Balaban J connectivity index is 1.84. The number of pyridine rings is 1. The lowest BCUT2D eigenvalue weighted by molar-refractivity contribution is -0.117. The summed E-state index contributed by atoms with van der Waals surface area (Å²) in [4.78, 5) is 17.7. The van der Waals surface area contributed by atoms with E-state index in [1.165, 1.54) is 0 Å². The maximum absolute atomic E-state index is 12.7. The van der Waals surface area contributed by atoms with Gasteiger partial charge in [0.15, 0.2) is 0 Å². The summed E-state index contributed by atoms with van der Waals surface area (Å²) in [6.45, 7) is 4.22. The van der Waals surface area contributed by atoms with Crippen molar-refractivity contribution in [2.24, 2.45) is 0 Å². The molecule has 0 aliphatic carbocycles. The summed E-state index contributed by atoms with van der Waals surface area (Å²) < 4.78 is 28.1. The number of carbonyl (C=O) groups excluding carboxylic acids is 1. The average molecular weight is 359 g/mol. The van der Waals surface area contributed by atoms with Crippen molar-refractivity contribution in [1.82, 2.24) is 9.71 Å². The molecule has 0 bridgehead atoms. The number of nitrogens with zero attached hydrogens (tertiary/aromatic N) is 2. The number of hydrogen-bond donors (Lipinski definition) is 1. The van der Waals surface area contributed by atoms with Crippen molar-refractivity contribution in [2.75, 3.05) is 11.4 Å². The van der Waals surface area contributed by atoms with Gasteiger partial charge in [0.2, 0.25) is 15.9 Å². The van der Waals surface area contributed by atoms with Crippen LogP contribution in [0.4, 0.5) is 5.69 Å². The van der Waals surface area contributed by atoms with Crippen molar-refractivity contribution in [3.63, 3.8) is 0 Å². The van der Waals surface area contributed by atoms with Gasteiger partial charge in [-0.1, -0.05) is 0 Å². The van der Waals surface area contributed by atoms with Gasteiger partial charge in [0.1, 0.15) is 0 Å². The smallest absolute Gasteiger partial charge is 0.241 e. The fourth-order valence-electron chi connectivity index (χ4n) is 3.04. The lowest BCUT2D eigenvalue weighted by atomic mass is 10.1. The van der Waals surface area contributed by atoms with Crippen LogP contribution in [-0.2, 0) is 14.8 Å². The van der Waals surface area contributed by atoms with Gasteiger partial charge in [0.25, 0.3) is 0 Å². The van der Waals surface area contributed by atoms with Gasteiger partial charge in [-0.05, 0) is 61.7 Å². The zero-order valence-electron chi connectivity index (χ0n) is 14.3. The Bertz CT molecular complexity index is 882. The molecule has 3 rings (SSSR count). The number of aryl methyl sites for hydroxylation is 1. The standard InChI is InChI=1S/C18H21N3O3S/c1-13-12-16(21-11-3-4-18(21)22)5-6-17(13)25(23,24)20-14(2)15-7-9-19-10-8-15/h5-10,12,14,20H,3-4,11H2,1-2H3. The van der Waals surface area contributed by atoms with E-state index >= 15 is 0 Å². The molecule has 132 valence electrons. The van der Waals surface area contributed by atoms with Crippen LogP contribution < -0.4 is 9.62 Å². The van der Waals surface area contributed by atoms with Gasteiger partial charge >= 0.3 is 0 Å². The number of rotatable bonds is 5. The van der Waals surface area contributed by atoms with Crippen LogP contribution in [0.25, 0.3) is 0 Å². The first-order chi connectivity index (χ1) is 11.9. The summed E-state index contributed by atoms with van der Waals surface area (Å²) in [6.07, 6.45) is 4.65.